The van der Waals surface area contributed by atoms with E-state index in [0.717, 1.165) is 27.8 Å². The first-order valence-electron chi connectivity index (χ1n) is 6.58. The van der Waals surface area contributed by atoms with Gasteiger partial charge in [-0.25, -0.2) is 4.98 Å². The number of nitrogens with two attached hydrogens (primary N) is 1. The average Bonchev–Trinajstić information content (AvgIpc) is 2.75. The maximum atomic E-state index is 5.71. The van der Waals surface area contributed by atoms with E-state index in [4.69, 9.17) is 10.2 Å². The van der Waals surface area contributed by atoms with E-state index < -0.39 is 0 Å². The molecule has 1 heterocycles. The Morgan fingerprint density at radius 1 is 1.22 bits per heavy atom. The fraction of sp³-hybridized carbons (Fsp3) is 0.500. The van der Waals surface area contributed by atoms with Crippen molar-refractivity contribution in [1.82, 2.24) is 4.98 Å². The highest BCUT2D eigenvalue weighted by Gasteiger charge is 2.06. The number of hydrogen-bond acceptors (Lipinski definition) is 4. The van der Waals surface area contributed by atoms with Crippen molar-refractivity contribution in [2.45, 2.75) is 44.3 Å². The van der Waals surface area contributed by atoms with E-state index in [2.05, 4.69) is 11.9 Å². The Morgan fingerprint density at radius 3 is 2.89 bits per heavy atom. The number of nitrogens with zero attached hydrogens (tertiary/aromatic N) is 1. The minimum Gasteiger partial charge on any atom is -0.431 e. The molecule has 3 nitrogen and oxygen atoms in total. The summed E-state index contributed by atoms with van der Waals surface area (Å²) >= 11 is 1.69. The van der Waals surface area contributed by atoms with Gasteiger partial charge < -0.3 is 10.2 Å². The van der Waals surface area contributed by atoms with Gasteiger partial charge in [-0.05, 0) is 18.6 Å². The predicted octanol–water partition coefficient (Wildman–Crippen LogP) is 4.47. The van der Waals surface area contributed by atoms with Gasteiger partial charge in [0.05, 0.1) is 0 Å². The summed E-state index contributed by atoms with van der Waals surface area (Å²) in [4.78, 5) is 4.43. The molecule has 98 valence electrons. The minimum absolute atomic E-state index is 0.717. The van der Waals surface area contributed by atoms with Crippen molar-refractivity contribution in [2.75, 3.05) is 11.5 Å². The molecule has 0 fully saturated rings. The number of oxazole rings is 1. The van der Waals surface area contributed by atoms with E-state index in [-0.39, 0.29) is 0 Å². The monoisotopic (exact) mass is 264 g/mol. The van der Waals surface area contributed by atoms with Crippen LogP contribution in [0, 0.1) is 0 Å². The zero-order chi connectivity index (χ0) is 12.8. The van der Waals surface area contributed by atoms with E-state index >= 15 is 0 Å². The van der Waals surface area contributed by atoms with Gasteiger partial charge in [0.15, 0.2) is 5.58 Å². The topological polar surface area (TPSA) is 52.0 Å². The molecule has 0 radical (unpaired) electrons. The Kier molecular flexibility index (Phi) is 4.93. The number of hydrogen-bond donors (Lipinski definition) is 1. The molecule has 0 spiro atoms. The molecular weight excluding hydrogens is 244 g/mol. The van der Waals surface area contributed by atoms with Crippen LogP contribution in [0.4, 0.5) is 5.69 Å². The summed E-state index contributed by atoms with van der Waals surface area (Å²) in [5.74, 6) is 1.08. The van der Waals surface area contributed by atoms with Gasteiger partial charge in [-0.2, -0.15) is 0 Å². The second kappa shape index (κ2) is 6.69. The van der Waals surface area contributed by atoms with Crippen LogP contribution in [-0.2, 0) is 0 Å². The van der Waals surface area contributed by atoms with E-state index in [1.807, 2.05) is 18.2 Å². The van der Waals surface area contributed by atoms with E-state index in [1.165, 1.54) is 32.1 Å². The molecule has 2 rings (SSSR count). The number of benzene rings is 1. The molecule has 4 heteroatoms. The molecule has 0 saturated carbocycles. The molecule has 0 aliphatic heterocycles. The number of fused-ring (bicyclic) bond motifs is 1. The van der Waals surface area contributed by atoms with E-state index in [9.17, 15) is 0 Å². The van der Waals surface area contributed by atoms with Crippen molar-refractivity contribution < 1.29 is 4.42 Å². The molecule has 0 saturated heterocycles. The maximum absolute atomic E-state index is 5.71. The quantitative estimate of drug-likeness (QED) is 0.455. The molecule has 2 aromatic rings. The Morgan fingerprint density at radius 2 is 2.06 bits per heavy atom. The van der Waals surface area contributed by atoms with Crippen molar-refractivity contribution in [2.24, 2.45) is 0 Å². The standard InChI is InChI=1S/C14H20N2OS/c1-2-3-4-5-6-9-18-14-16-12-8-7-11(15)10-13(12)17-14/h7-8,10H,2-6,9,15H2,1H3. The summed E-state index contributed by atoms with van der Waals surface area (Å²) < 4.78 is 5.65. The van der Waals surface area contributed by atoms with Crippen LogP contribution in [0.5, 0.6) is 0 Å². The Labute approximate surface area is 112 Å². The van der Waals surface area contributed by atoms with Gasteiger partial charge in [-0.1, -0.05) is 44.4 Å². The summed E-state index contributed by atoms with van der Waals surface area (Å²) in [7, 11) is 0. The van der Waals surface area contributed by atoms with Crippen LogP contribution < -0.4 is 5.73 Å². The zero-order valence-corrected chi connectivity index (χ0v) is 11.6. The molecule has 0 aliphatic rings. The van der Waals surface area contributed by atoms with Crippen molar-refractivity contribution in [3.63, 3.8) is 0 Å². The van der Waals surface area contributed by atoms with Gasteiger partial charge in [0.1, 0.15) is 5.52 Å². The van der Waals surface area contributed by atoms with Crippen LogP contribution >= 0.6 is 11.8 Å². The molecule has 2 N–H and O–H groups in total. The van der Waals surface area contributed by atoms with Gasteiger partial charge in [0, 0.05) is 17.5 Å². The number of rotatable bonds is 7. The highest BCUT2D eigenvalue weighted by atomic mass is 32.2. The lowest BCUT2D eigenvalue weighted by molar-refractivity contribution is 0.489. The predicted molar refractivity (Wildman–Crippen MR) is 77.9 cm³/mol. The number of anilines is 1. The van der Waals surface area contributed by atoms with E-state index in [0.29, 0.717) is 0 Å². The van der Waals surface area contributed by atoms with Gasteiger partial charge in [0.25, 0.3) is 5.22 Å². The minimum atomic E-state index is 0.717. The molecule has 0 bridgehead atoms. The lowest BCUT2D eigenvalue weighted by atomic mass is 10.2. The first-order valence-corrected chi connectivity index (χ1v) is 7.57. The zero-order valence-electron chi connectivity index (χ0n) is 10.8. The van der Waals surface area contributed by atoms with Crippen molar-refractivity contribution in [3.8, 4) is 0 Å². The second-order valence-corrected chi connectivity index (χ2v) is 5.52. The van der Waals surface area contributed by atoms with Gasteiger partial charge in [-0.15, -0.1) is 0 Å². The highest BCUT2D eigenvalue weighted by Crippen LogP contribution is 2.25. The van der Waals surface area contributed by atoms with Crippen LogP contribution in [0.25, 0.3) is 11.1 Å². The van der Waals surface area contributed by atoms with Gasteiger partial charge in [0.2, 0.25) is 0 Å². The summed E-state index contributed by atoms with van der Waals surface area (Å²) in [6.45, 7) is 2.23. The molecule has 0 aliphatic carbocycles. The van der Waals surface area contributed by atoms with Crippen LogP contribution in [0.2, 0.25) is 0 Å². The normalized spacial score (nSPS) is 11.2. The van der Waals surface area contributed by atoms with Crippen molar-refractivity contribution in [3.05, 3.63) is 18.2 Å². The molecule has 1 aromatic carbocycles. The Hall–Kier alpha value is -1.16. The summed E-state index contributed by atoms with van der Waals surface area (Å²) in [5, 5.41) is 0.756. The maximum Gasteiger partial charge on any atom is 0.256 e. The van der Waals surface area contributed by atoms with Crippen molar-refractivity contribution >= 4 is 28.5 Å². The second-order valence-electron chi connectivity index (χ2n) is 4.47. The molecule has 0 unspecified atom stereocenters. The fourth-order valence-corrected chi connectivity index (χ4v) is 2.68. The lowest BCUT2D eigenvalue weighted by Crippen LogP contribution is -1.82. The number of unbranched alkanes of at least 4 members (excludes halogenated alkanes) is 4. The molecule has 0 atom stereocenters. The van der Waals surface area contributed by atoms with Crippen LogP contribution in [0.1, 0.15) is 39.0 Å². The fourth-order valence-electron chi connectivity index (χ4n) is 1.85. The van der Waals surface area contributed by atoms with E-state index in [1.54, 1.807) is 11.8 Å². The van der Waals surface area contributed by atoms with Crippen molar-refractivity contribution in [1.29, 1.82) is 0 Å². The largest absolute Gasteiger partial charge is 0.431 e. The highest BCUT2D eigenvalue weighted by molar-refractivity contribution is 7.99. The summed E-state index contributed by atoms with van der Waals surface area (Å²) in [6.07, 6.45) is 6.49. The molecule has 18 heavy (non-hydrogen) atoms. The number of thioether (sulfide) groups is 1. The summed E-state index contributed by atoms with van der Waals surface area (Å²) in [6, 6.07) is 5.58. The summed E-state index contributed by atoms with van der Waals surface area (Å²) in [5.41, 5.74) is 8.09. The Bertz CT molecular complexity index is 495. The smallest absolute Gasteiger partial charge is 0.256 e. The molecule has 1 aromatic heterocycles. The molecular formula is C14H20N2OS. The number of aromatic nitrogens is 1. The van der Waals surface area contributed by atoms with Crippen LogP contribution in [0.15, 0.2) is 27.8 Å². The molecule has 0 amide bonds. The third-order valence-electron chi connectivity index (χ3n) is 2.87. The van der Waals surface area contributed by atoms with Crippen LogP contribution in [0.3, 0.4) is 0 Å². The third-order valence-corrected chi connectivity index (χ3v) is 3.78. The van der Waals surface area contributed by atoms with Gasteiger partial charge in [-0.3, -0.25) is 0 Å². The lowest BCUT2D eigenvalue weighted by Gasteiger charge is -1.97. The average molecular weight is 264 g/mol. The third kappa shape index (κ3) is 3.67. The first-order chi connectivity index (χ1) is 8.79. The number of nitrogen functional groups attached to an aromatic ring is 1. The van der Waals surface area contributed by atoms with Gasteiger partial charge >= 0.3 is 0 Å². The SMILES string of the molecule is CCCCCCCSc1nc2ccc(N)cc2o1. The first kappa shape index (κ1) is 13.3. The van der Waals surface area contributed by atoms with Crippen LogP contribution in [-0.4, -0.2) is 10.7 Å². The Balaban J connectivity index is 1.81.